The first-order chi connectivity index (χ1) is 29.9. The molecule has 0 radical (unpaired) electrons. The number of carbonyl (C=O) groups is 1. The largest absolute Gasteiger partial charge is 0.457 e. The van der Waals surface area contributed by atoms with Crippen LogP contribution in [0, 0.1) is 47.5 Å². The van der Waals surface area contributed by atoms with Gasteiger partial charge in [0.25, 0.3) is 0 Å². The monoisotopic (exact) mass is 825 g/mol. The molecule has 5 nitrogen and oxygen atoms in total. The van der Waals surface area contributed by atoms with Crippen molar-refractivity contribution >= 4 is 45.2 Å². The number of esters is 1. The number of nitrogens with one attached hydrogen (secondary N) is 1. The normalized spacial score (nSPS) is 15.0. The number of fused-ring (bicyclic) bond motifs is 1. The number of benzene rings is 6. The number of hydrogen-bond acceptors (Lipinski definition) is 5. The van der Waals surface area contributed by atoms with Crippen molar-refractivity contribution < 1.29 is 9.53 Å². The molecular formula is C57H66N3O2+. The van der Waals surface area contributed by atoms with Gasteiger partial charge >= 0.3 is 5.97 Å². The molecule has 0 heterocycles. The minimum Gasteiger partial charge on any atom is -0.457 e. The molecule has 7 rings (SSSR count). The number of rotatable bonds is 15. The zero-order valence-electron chi connectivity index (χ0n) is 38.6. The van der Waals surface area contributed by atoms with Crippen LogP contribution in [0.15, 0.2) is 121 Å². The minimum absolute atomic E-state index is 0.0172. The lowest BCUT2D eigenvalue weighted by Crippen LogP contribution is -2.40. The molecule has 0 aromatic heterocycles. The van der Waals surface area contributed by atoms with E-state index in [1.165, 1.54) is 73.0 Å². The third-order valence-corrected chi connectivity index (χ3v) is 12.5. The molecule has 6 aromatic carbocycles. The van der Waals surface area contributed by atoms with E-state index in [1.807, 2.05) is 0 Å². The van der Waals surface area contributed by atoms with Gasteiger partial charge < -0.3 is 19.9 Å². The average Bonchev–Trinajstić information content (AvgIpc) is 3.24. The molecule has 62 heavy (non-hydrogen) atoms. The number of anilines is 5. The van der Waals surface area contributed by atoms with Crippen LogP contribution in [-0.4, -0.2) is 31.2 Å². The molecule has 1 aliphatic rings. The van der Waals surface area contributed by atoms with Crippen molar-refractivity contribution in [1.29, 1.82) is 0 Å². The number of aryl methyl sites for hydroxylation is 6. The van der Waals surface area contributed by atoms with E-state index in [2.05, 4.69) is 186 Å². The maximum atomic E-state index is 12.7. The summed E-state index contributed by atoms with van der Waals surface area (Å²) in [5.74, 6) is 0.871. The first-order valence-electron chi connectivity index (χ1n) is 22.8. The summed E-state index contributed by atoms with van der Waals surface area (Å²) in [5, 5.41) is 6.17. The Morgan fingerprint density at radius 3 is 1.60 bits per heavy atom. The van der Waals surface area contributed by atoms with Gasteiger partial charge in [-0.1, -0.05) is 74.4 Å². The van der Waals surface area contributed by atoms with E-state index in [4.69, 9.17) is 4.74 Å². The van der Waals surface area contributed by atoms with Gasteiger partial charge in [0.1, 0.15) is 6.10 Å². The topological polar surface area (TPSA) is 44.8 Å². The van der Waals surface area contributed by atoms with Crippen LogP contribution in [0.3, 0.4) is 0 Å². The summed E-state index contributed by atoms with van der Waals surface area (Å²) in [6, 6.07) is 40.9. The molecule has 320 valence electrons. The second-order valence-corrected chi connectivity index (χ2v) is 17.7. The molecule has 0 saturated heterocycles. The zero-order chi connectivity index (χ0) is 44.1. The molecule has 1 aliphatic carbocycles. The van der Waals surface area contributed by atoms with Crippen molar-refractivity contribution in [3.8, 4) is 0 Å². The van der Waals surface area contributed by atoms with Crippen molar-refractivity contribution in [1.82, 2.24) is 0 Å². The molecule has 2 unspecified atom stereocenters. The number of nitrogens with zero attached hydrogens (tertiary/aromatic N) is 2. The third-order valence-electron chi connectivity index (χ3n) is 12.5. The highest BCUT2D eigenvalue weighted by atomic mass is 16.5. The quantitative estimate of drug-likeness (QED) is 0.0484. The number of carbonyl (C=O) groups excluding carboxylic acids is 1. The molecule has 0 amide bonds. The summed E-state index contributed by atoms with van der Waals surface area (Å²) in [5.41, 5.74) is 17.7. The Hall–Kier alpha value is -5.94. The maximum absolute atomic E-state index is 12.7. The fraction of sp³-hybridized carbons (Fsp3) is 0.333. The van der Waals surface area contributed by atoms with Crippen LogP contribution in [0.5, 0.6) is 0 Å². The summed E-state index contributed by atoms with van der Waals surface area (Å²) in [6.07, 6.45) is 5.80. The van der Waals surface area contributed by atoms with Gasteiger partial charge in [-0.05, 0) is 176 Å². The van der Waals surface area contributed by atoms with Gasteiger partial charge in [0.15, 0.2) is 0 Å². The Kier molecular flexibility index (Phi) is 13.8. The van der Waals surface area contributed by atoms with Gasteiger partial charge in [-0.15, -0.1) is 0 Å². The van der Waals surface area contributed by atoms with Crippen LogP contribution in [0.25, 0.3) is 10.8 Å². The summed E-state index contributed by atoms with van der Waals surface area (Å²) >= 11 is 0. The van der Waals surface area contributed by atoms with E-state index in [1.54, 1.807) is 6.92 Å². The molecule has 0 spiro atoms. The van der Waals surface area contributed by atoms with E-state index >= 15 is 0 Å². The smallest absolute Gasteiger partial charge is 0.333 e. The lowest BCUT2D eigenvalue weighted by atomic mass is 9.82. The van der Waals surface area contributed by atoms with Crippen LogP contribution >= 0.6 is 0 Å². The highest BCUT2D eigenvalue weighted by molar-refractivity contribution is 5.98. The first-order valence-corrected chi connectivity index (χ1v) is 22.8. The van der Waals surface area contributed by atoms with E-state index in [0.29, 0.717) is 5.57 Å². The summed E-state index contributed by atoms with van der Waals surface area (Å²) < 4.78 is 5.99. The SMILES string of the molecule is C=C(C)C(=O)OC1CCCCC1Nc1ccc([C+](c2ccc(N(CCC)c3c(C)cc(C)cc3C)cc2)c2ccc(N(CCC)c3c(C)cc(C)cc3C)cc2)c2ccccc12. The predicted octanol–water partition coefficient (Wildman–Crippen LogP) is 14.6. The van der Waals surface area contributed by atoms with Crippen LogP contribution < -0.4 is 15.1 Å². The highest BCUT2D eigenvalue weighted by Crippen LogP contribution is 2.42. The number of ether oxygens (including phenoxy) is 1. The van der Waals surface area contributed by atoms with Crippen molar-refractivity contribution in [2.24, 2.45) is 0 Å². The van der Waals surface area contributed by atoms with E-state index in [-0.39, 0.29) is 18.1 Å². The molecule has 1 N–H and O–H groups in total. The molecular weight excluding hydrogens is 759 g/mol. The van der Waals surface area contributed by atoms with E-state index in [0.717, 1.165) is 73.8 Å². The molecule has 0 aliphatic heterocycles. The second kappa shape index (κ2) is 19.4. The molecule has 1 fully saturated rings. The summed E-state index contributed by atoms with van der Waals surface area (Å²) in [6.45, 7) is 25.2. The highest BCUT2D eigenvalue weighted by Gasteiger charge is 2.31. The van der Waals surface area contributed by atoms with Crippen LogP contribution in [0.2, 0.25) is 0 Å². The Morgan fingerprint density at radius 2 is 1.13 bits per heavy atom. The first kappa shape index (κ1) is 44.1. The lowest BCUT2D eigenvalue weighted by molar-refractivity contribution is -0.146. The fourth-order valence-corrected chi connectivity index (χ4v) is 9.96. The van der Waals surface area contributed by atoms with Crippen molar-refractivity contribution in [2.75, 3.05) is 28.2 Å². The van der Waals surface area contributed by atoms with Gasteiger partial charge in [0, 0.05) is 40.8 Å². The fourth-order valence-electron chi connectivity index (χ4n) is 9.96. The Labute approximate surface area is 371 Å². The Bertz CT molecular complexity index is 2380. The van der Waals surface area contributed by atoms with Crippen molar-refractivity contribution in [3.05, 3.63) is 177 Å². The van der Waals surface area contributed by atoms with Gasteiger partial charge in [0.05, 0.1) is 45.7 Å². The number of hydrogen-bond donors (Lipinski definition) is 1. The Balaban J connectivity index is 1.33. The molecule has 2 atom stereocenters. The molecule has 6 aromatic rings. The summed E-state index contributed by atoms with van der Waals surface area (Å²) in [4.78, 5) is 17.6. The van der Waals surface area contributed by atoms with E-state index in [9.17, 15) is 4.79 Å². The molecule has 0 bridgehead atoms. The van der Waals surface area contributed by atoms with Crippen LogP contribution in [0.4, 0.5) is 28.4 Å². The van der Waals surface area contributed by atoms with Gasteiger partial charge in [-0.3, -0.25) is 0 Å². The third kappa shape index (κ3) is 9.43. The summed E-state index contributed by atoms with van der Waals surface area (Å²) in [7, 11) is 0. The van der Waals surface area contributed by atoms with Gasteiger partial charge in [-0.25, -0.2) is 4.79 Å². The average molecular weight is 825 g/mol. The van der Waals surface area contributed by atoms with Crippen molar-refractivity contribution in [3.63, 3.8) is 0 Å². The molecule has 1 saturated carbocycles. The van der Waals surface area contributed by atoms with Gasteiger partial charge in [-0.2, -0.15) is 0 Å². The zero-order valence-corrected chi connectivity index (χ0v) is 38.6. The van der Waals surface area contributed by atoms with Crippen molar-refractivity contribution in [2.45, 2.75) is 113 Å². The molecule has 5 heteroatoms. The lowest BCUT2D eigenvalue weighted by Gasteiger charge is -2.33. The maximum Gasteiger partial charge on any atom is 0.333 e. The Morgan fingerprint density at radius 1 is 0.661 bits per heavy atom. The minimum atomic E-state index is -0.316. The van der Waals surface area contributed by atoms with Crippen LogP contribution in [0.1, 0.15) is 109 Å². The standard InChI is InChI=1S/C57H66N3O2/c1-11-31-59(55-40(7)33-38(5)34-41(55)8)46-25-21-44(22-26-46)54(45-23-27-47(28-24-45)60(32-12-2)56-42(9)35-39(6)36-43(56)10)50-29-30-51(49-18-14-13-17-48(49)50)58-52-19-15-16-20-53(52)62-57(61)37(3)4/h13-14,17-18,21-30,33-36,52-53,58H,3,11-12,15-16,19-20,31-32H2,1-2,4-10H3/q+1. The second-order valence-electron chi connectivity index (χ2n) is 17.7. The van der Waals surface area contributed by atoms with Crippen LogP contribution in [-0.2, 0) is 9.53 Å². The predicted molar refractivity (Wildman–Crippen MR) is 264 cm³/mol. The van der Waals surface area contributed by atoms with E-state index < -0.39 is 0 Å². The van der Waals surface area contributed by atoms with Gasteiger partial charge in [0.2, 0.25) is 0 Å².